The number of hydrogen-bond acceptors (Lipinski definition) is 5. The number of rotatable bonds is 4. The smallest absolute Gasteiger partial charge is 0.261 e. The van der Waals surface area contributed by atoms with E-state index in [2.05, 4.69) is 21.9 Å². The summed E-state index contributed by atoms with van der Waals surface area (Å²) in [6.45, 7) is 6.21. The number of piperidine rings is 1. The van der Waals surface area contributed by atoms with Gasteiger partial charge in [-0.25, -0.2) is 8.42 Å². The number of sulfonamides is 1. The molecule has 2 aliphatic heterocycles. The van der Waals surface area contributed by atoms with Crippen LogP contribution in [0, 0.1) is 11.8 Å². The zero-order chi connectivity index (χ0) is 21.3. The highest BCUT2D eigenvalue weighted by Crippen LogP contribution is 2.34. The molecule has 2 heterocycles. The third kappa shape index (κ3) is 4.59. The van der Waals surface area contributed by atoms with Gasteiger partial charge >= 0.3 is 0 Å². The van der Waals surface area contributed by atoms with Crippen molar-refractivity contribution < 1.29 is 13.2 Å². The first kappa shape index (κ1) is 21.1. The number of hydrogen-bond donors (Lipinski definition) is 2. The number of nitrogens with one attached hydrogen (secondary N) is 2. The van der Waals surface area contributed by atoms with Gasteiger partial charge in [0, 0.05) is 41.0 Å². The van der Waals surface area contributed by atoms with Crippen molar-refractivity contribution in [3.8, 4) is 0 Å². The second kappa shape index (κ2) is 8.51. The van der Waals surface area contributed by atoms with E-state index in [0.29, 0.717) is 17.1 Å². The molecule has 2 N–H and O–H groups in total. The van der Waals surface area contributed by atoms with Crippen molar-refractivity contribution in [2.75, 3.05) is 33.8 Å². The molecular weight excluding hydrogens is 418 g/mol. The Balaban J connectivity index is 1.49. The number of anilines is 3. The average Bonchev–Trinajstić information content (AvgIpc) is 2.87. The molecule has 1 amide bonds. The fourth-order valence-corrected chi connectivity index (χ4v) is 5.76. The molecule has 6 nitrogen and oxygen atoms in total. The van der Waals surface area contributed by atoms with Crippen molar-refractivity contribution in [1.29, 1.82) is 0 Å². The van der Waals surface area contributed by atoms with Crippen LogP contribution in [-0.2, 0) is 14.8 Å². The Morgan fingerprint density at radius 1 is 1.07 bits per heavy atom. The zero-order valence-corrected chi connectivity index (χ0v) is 18.9. The highest BCUT2D eigenvalue weighted by molar-refractivity contribution is 7.99. The molecule has 2 aromatic rings. The first-order valence-corrected chi connectivity index (χ1v) is 12.7. The molecule has 0 aromatic heterocycles. The predicted molar refractivity (Wildman–Crippen MR) is 123 cm³/mol. The molecule has 160 valence electrons. The summed E-state index contributed by atoms with van der Waals surface area (Å²) < 4.78 is 28.5. The molecule has 1 atom stereocenters. The fourth-order valence-electron chi connectivity index (χ4n) is 3.67. The van der Waals surface area contributed by atoms with Gasteiger partial charge in [-0.3, -0.25) is 9.52 Å². The number of benzene rings is 2. The van der Waals surface area contributed by atoms with E-state index in [-0.39, 0.29) is 16.7 Å². The molecule has 0 radical (unpaired) electrons. The van der Waals surface area contributed by atoms with E-state index in [1.807, 2.05) is 19.1 Å². The van der Waals surface area contributed by atoms with Crippen LogP contribution in [0.4, 0.5) is 17.1 Å². The van der Waals surface area contributed by atoms with Crippen LogP contribution >= 0.6 is 11.8 Å². The van der Waals surface area contributed by atoms with E-state index in [1.54, 1.807) is 36.0 Å². The third-order valence-corrected chi connectivity index (χ3v) is 8.44. The Bertz CT molecular complexity index is 1030. The minimum absolute atomic E-state index is 0.0912. The van der Waals surface area contributed by atoms with Crippen molar-refractivity contribution in [2.45, 2.75) is 36.5 Å². The molecular formula is C22H27N3O3S2. The average molecular weight is 446 g/mol. The van der Waals surface area contributed by atoms with E-state index in [0.717, 1.165) is 29.6 Å². The van der Waals surface area contributed by atoms with Gasteiger partial charge in [-0.15, -0.1) is 11.8 Å². The number of fused-ring (bicyclic) bond motifs is 1. The number of nitrogens with zero attached hydrogens (tertiary/aromatic N) is 1. The maximum atomic E-state index is 12.9. The molecule has 30 heavy (non-hydrogen) atoms. The van der Waals surface area contributed by atoms with Gasteiger partial charge in [-0.1, -0.05) is 13.8 Å². The Morgan fingerprint density at radius 2 is 1.77 bits per heavy atom. The summed E-state index contributed by atoms with van der Waals surface area (Å²) in [5.41, 5.74) is 2.18. The molecule has 1 fully saturated rings. The lowest BCUT2D eigenvalue weighted by atomic mass is 9.99. The first-order valence-electron chi connectivity index (χ1n) is 10.3. The van der Waals surface area contributed by atoms with Gasteiger partial charge in [0.05, 0.1) is 10.6 Å². The van der Waals surface area contributed by atoms with Gasteiger partial charge in [0.2, 0.25) is 5.91 Å². The van der Waals surface area contributed by atoms with E-state index in [9.17, 15) is 13.2 Å². The molecule has 0 saturated carbocycles. The molecule has 8 heteroatoms. The summed E-state index contributed by atoms with van der Waals surface area (Å²) in [6, 6.07) is 12.4. The highest BCUT2D eigenvalue weighted by atomic mass is 32.2. The van der Waals surface area contributed by atoms with Crippen molar-refractivity contribution in [3.63, 3.8) is 0 Å². The Hall–Kier alpha value is -2.19. The summed E-state index contributed by atoms with van der Waals surface area (Å²) in [5, 5.41) is 2.84. The lowest BCUT2D eigenvalue weighted by molar-refractivity contribution is -0.118. The molecule has 0 bridgehead atoms. The second-order valence-electron chi connectivity index (χ2n) is 8.18. The normalized spacial score (nSPS) is 20.3. The fraction of sp³-hybridized carbons (Fsp3) is 0.409. The molecule has 1 saturated heterocycles. The van der Waals surface area contributed by atoms with Gasteiger partial charge < -0.3 is 10.2 Å². The number of thioether (sulfide) groups is 1. The van der Waals surface area contributed by atoms with Crippen molar-refractivity contribution >= 4 is 44.8 Å². The summed E-state index contributed by atoms with van der Waals surface area (Å²) >= 11 is 1.56. The van der Waals surface area contributed by atoms with E-state index in [1.165, 1.54) is 18.9 Å². The van der Waals surface area contributed by atoms with Crippen LogP contribution in [0.2, 0.25) is 0 Å². The predicted octanol–water partition coefficient (Wildman–Crippen LogP) is 4.40. The topological polar surface area (TPSA) is 78.5 Å². The van der Waals surface area contributed by atoms with Gasteiger partial charge in [0.1, 0.15) is 0 Å². The molecule has 0 aliphatic carbocycles. The lowest BCUT2D eigenvalue weighted by Crippen LogP contribution is -2.32. The highest BCUT2D eigenvalue weighted by Gasteiger charge is 2.23. The summed E-state index contributed by atoms with van der Waals surface area (Å²) in [4.78, 5) is 15.5. The molecule has 0 spiro atoms. The van der Waals surface area contributed by atoms with Crippen LogP contribution < -0.4 is 14.9 Å². The lowest BCUT2D eigenvalue weighted by Gasteiger charge is -2.32. The number of amides is 1. The van der Waals surface area contributed by atoms with Crippen LogP contribution in [0.15, 0.2) is 52.3 Å². The second-order valence-corrected chi connectivity index (χ2v) is 10.9. The first-order chi connectivity index (χ1) is 14.3. The Labute approximate surface area is 182 Å². The largest absolute Gasteiger partial charge is 0.372 e. The monoisotopic (exact) mass is 445 g/mol. The maximum Gasteiger partial charge on any atom is 0.261 e. The zero-order valence-electron chi connectivity index (χ0n) is 17.2. The summed E-state index contributed by atoms with van der Waals surface area (Å²) in [7, 11) is -3.76. The maximum absolute atomic E-state index is 12.9. The summed E-state index contributed by atoms with van der Waals surface area (Å²) in [5.74, 6) is 1.22. The Kier molecular flexibility index (Phi) is 5.97. The number of carbonyl (C=O) groups excluding carboxylic acids is 1. The Morgan fingerprint density at radius 3 is 2.47 bits per heavy atom. The van der Waals surface area contributed by atoms with Crippen LogP contribution in [0.5, 0.6) is 0 Å². The quantitative estimate of drug-likeness (QED) is 0.729. The minimum Gasteiger partial charge on any atom is -0.372 e. The molecule has 2 aromatic carbocycles. The van der Waals surface area contributed by atoms with E-state index in [4.69, 9.17) is 0 Å². The van der Waals surface area contributed by atoms with E-state index < -0.39 is 10.0 Å². The van der Waals surface area contributed by atoms with Crippen molar-refractivity contribution in [2.24, 2.45) is 11.8 Å². The molecule has 0 unspecified atom stereocenters. The van der Waals surface area contributed by atoms with Crippen LogP contribution in [0.1, 0.15) is 26.7 Å². The molecule has 2 aliphatic rings. The van der Waals surface area contributed by atoms with Crippen LogP contribution in [0.25, 0.3) is 0 Å². The number of carbonyl (C=O) groups is 1. The third-order valence-electron chi connectivity index (χ3n) is 5.72. The van der Waals surface area contributed by atoms with Gasteiger partial charge in [0.15, 0.2) is 0 Å². The van der Waals surface area contributed by atoms with Crippen molar-refractivity contribution in [1.82, 2.24) is 0 Å². The van der Waals surface area contributed by atoms with Crippen molar-refractivity contribution in [3.05, 3.63) is 42.5 Å². The van der Waals surface area contributed by atoms with Crippen LogP contribution in [-0.4, -0.2) is 33.2 Å². The van der Waals surface area contributed by atoms with E-state index >= 15 is 0 Å². The molecule has 4 rings (SSSR count). The van der Waals surface area contributed by atoms with Crippen LogP contribution in [0.3, 0.4) is 0 Å². The van der Waals surface area contributed by atoms with Gasteiger partial charge in [-0.05, 0) is 61.2 Å². The summed E-state index contributed by atoms with van der Waals surface area (Å²) in [6.07, 6.45) is 2.36. The standard InChI is InChI=1S/C22H27N3O3S2/c1-15-9-11-25(12-10-15)18-5-3-17(4-6-18)24-30(27,28)19-7-8-21-20(13-19)23-22(26)16(2)14-29-21/h3-8,13,15-16,24H,9-12,14H2,1-2H3,(H,23,26)/t16-/m1/s1. The van der Waals surface area contributed by atoms with Gasteiger partial charge in [-0.2, -0.15) is 0 Å². The SMILES string of the molecule is CC1CCN(c2ccc(NS(=O)(=O)c3ccc4c(c3)NC(=O)[C@H](C)CS4)cc2)CC1. The van der Waals surface area contributed by atoms with Gasteiger partial charge in [0.25, 0.3) is 10.0 Å². The minimum atomic E-state index is -3.76.